The summed E-state index contributed by atoms with van der Waals surface area (Å²) in [6, 6.07) is 1.47. The molecule has 0 aliphatic carbocycles. The maximum atomic E-state index is 12.0. The van der Waals surface area contributed by atoms with E-state index in [0.717, 1.165) is 0 Å². The number of hydrogen-bond acceptors (Lipinski definition) is 5. The molecule has 1 saturated heterocycles. The minimum absolute atomic E-state index is 0.0961. The van der Waals surface area contributed by atoms with Crippen LogP contribution in [0.25, 0.3) is 0 Å². The summed E-state index contributed by atoms with van der Waals surface area (Å²) in [7, 11) is -7.00. The summed E-state index contributed by atoms with van der Waals surface area (Å²) in [5.41, 5.74) is 0.237. The maximum absolute atomic E-state index is 12.0. The van der Waals surface area contributed by atoms with Crippen molar-refractivity contribution < 1.29 is 16.8 Å². The molecule has 1 N–H and O–H groups in total. The Bertz CT molecular complexity index is 705. The van der Waals surface area contributed by atoms with Crippen molar-refractivity contribution >= 4 is 53.1 Å². The van der Waals surface area contributed by atoms with Crippen LogP contribution in [0.15, 0.2) is 16.7 Å². The van der Waals surface area contributed by atoms with Crippen LogP contribution in [0.5, 0.6) is 0 Å². The van der Waals surface area contributed by atoms with Gasteiger partial charge in [-0.2, -0.15) is 0 Å². The van der Waals surface area contributed by atoms with Gasteiger partial charge in [-0.1, -0.05) is 11.6 Å². The Morgan fingerprint density at radius 2 is 2.16 bits per heavy atom. The highest BCUT2D eigenvalue weighted by Crippen LogP contribution is 2.25. The lowest BCUT2D eigenvalue weighted by Gasteiger charge is -2.12. The molecule has 1 fully saturated rings. The van der Waals surface area contributed by atoms with Crippen LogP contribution in [0.4, 0.5) is 5.69 Å². The summed E-state index contributed by atoms with van der Waals surface area (Å²) < 4.78 is 49.5. The zero-order chi connectivity index (χ0) is 14.3. The zero-order valence-corrected chi connectivity index (χ0v) is 13.5. The van der Waals surface area contributed by atoms with Gasteiger partial charge >= 0.3 is 0 Å². The predicted octanol–water partition coefficient (Wildman–Crippen LogP) is 1.43. The summed E-state index contributed by atoms with van der Waals surface area (Å²) in [6.45, 7) is 0. The van der Waals surface area contributed by atoms with Crippen molar-refractivity contribution in [2.24, 2.45) is 0 Å². The van der Waals surface area contributed by atoms with Crippen molar-refractivity contribution in [3.8, 4) is 0 Å². The molecule has 0 amide bonds. The Kier molecular flexibility index (Phi) is 4.10. The minimum atomic E-state index is -3.75. The Morgan fingerprint density at radius 3 is 2.68 bits per heavy atom. The van der Waals surface area contributed by atoms with Gasteiger partial charge in [0.1, 0.15) is 5.15 Å². The van der Waals surface area contributed by atoms with Crippen molar-refractivity contribution in [1.82, 2.24) is 4.98 Å². The Balaban J connectivity index is 2.20. The van der Waals surface area contributed by atoms with Gasteiger partial charge < -0.3 is 0 Å². The van der Waals surface area contributed by atoms with Crippen LogP contribution < -0.4 is 4.72 Å². The van der Waals surface area contributed by atoms with Crippen LogP contribution >= 0.6 is 27.5 Å². The SMILES string of the molecule is O=S1(=O)CCC(S(=O)(=O)Nc2cnc(Cl)c(Br)c2)C1. The van der Waals surface area contributed by atoms with Gasteiger partial charge in [0, 0.05) is 0 Å². The van der Waals surface area contributed by atoms with E-state index >= 15 is 0 Å². The molecule has 0 spiro atoms. The van der Waals surface area contributed by atoms with E-state index < -0.39 is 25.1 Å². The number of hydrogen-bond donors (Lipinski definition) is 1. The van der Waals surface area contributed by atoms with E-state index in [1.165, 1.54) is 12.3 Å². The van der Waals surface area contributed by atoms with Gasteiger partial charge in [-0.15, -0.1) is 0 Å². The molecule has 1 aromatic rings. The van der Waals surface area contributed by atoms with Gasteiger partial charge in [0.25, 0.3) is 0 Å². The number of halogens is 2. The third-order valence-electron chi connectivity index (χ3n) is 2.69. The third-order valence-corrected chi connectivity index (χ3v) is 7.60. The van der Waals surface area contributed by atoms with Crippen molar-refractivity contribution in [3.63, 3.8) is 0 Å². The molecule has 1 aliphatic rings. The van der Waals surface area contributed by atoms with Gasteiger partial charge in [0.05, 0.1) is 33.1 Å². The highest BCUT2D eigenvalue weighted by Gasteiger charge is 2.37. The molecule has 1 unspecified atom stereocenters. The van der Waals surface area contributed by atoms with Gasteiger partial charge in [0.15, 0.2) is 9.84 Å². The lowest BCUT2D eigenvalue weighted by atomic mass is 10.4. The van der Waals surface area contributed by atoms with E-state index in [2.05, 4.69) is 25.6 Å². The van der Waals surface area contributed by atoms with Crippen LogP contribution in [0.1, 0.15) is 6.42 Å². The Morgan fingerprint density at radius 1 is 1.47 bits per heavy atom. The molecule has 2 rings (SSSR count). The first-order chi connectivity index (χ1) is 8.70. The normalized spacial score (nSPS) is 22.3. The zero-order valence-electron chi connectivity index (χ0n) is 9.51. The molecule has 1 aliphatic heterocycles. The molecule has 1 atom stereocenters. The molecule has 106 valence electrons. The topological polar surface area (TPSA) is 93.2 Å². The average molecular weight is 390 g/mol. The first-order valence-electron chi connectivity index (χ1n) is 5.23. The molecule has 19 heavy (non-hydrogen) atoms. The number of rotatable bonds is 3. The van der Waals surface area contributed by atoms with E-state index in [0.29, 0.717) is 4.47 Å². The quantitative estimate of drug-likeness (QED) is 0.789. The van der Waals surface area contributed by atoms with Gasteiger partial charge in [-0.05, 0) is 28.4 Å². The highest BCUT2D eigenvalue weighted by molar-refractivity contribution is 9.10. The van der Waals surface area contributed by atoms with Crippen molar-refractivity contribution in [1.29, 1.82) is 0 Å². The van der Waals surface area contributed by atoms with Crippen LogP contribution in [0, 0.1) is 0 Å². The summed E-state index contributed by atoms with van der Waals surface area (Å²) in [6.07, 6.45) is 1.38. The van der Waals surface area contributed by atoms with E-state index in [4.69, 9.17) is 11.6 Å². The Labute approximate surface area is 124 Å². The molecule has 6 nitrogen and oxygen atoms in total. The van der Waals surface area contributed by atoms with Crippen molar-refractivity contribution in [2.45, 2.75) is 11.7 Å². The molecule has 0 saturated carbocycles. The van der Waals surface area contributed by atoms with E-state index in [9.17, 15) is 16.8 Å². The average Bonchev–Trinajstić information content (AvgIpc) is 2.65. The lowest BCUT2D eigenvalue weighted by Crippen LogP contribution is -2.28. The second kappa shape index (κ2) is 5.19. The molecule has 1 aromatic heterocycles. The van der Waals surface area contributed by atoms with Crippen LogP contribution in [0.2, 0.25) is 5.15 Å². The van der Waals surface area contributed by atoms with Gasteiger partial charge in [-0.3, -0.25) is 4.72 Å². The van der Waals surface area contributed by atoms with Gasteiger partial charge in [0.2, 0.25) is 10.0 Å². The van der Waals surface area contributed by atoms with Crippen molar-refractivity contribution in [3.05, 3.63) is 21.9 Å². The molecule has 0 bridgehead atoms. The fourth-order valence-corrected chi connectivity index (χ4v) is 6.25. The highest BCUT2D eigenvalue weighted by atomic mass is 79.9. The summed E-state index contributed by atoms with van der Waals surface area (Å²) in [5, 5.41) is -0.710. The number of anilines is 1. The fraction of sp³-hybridized carbons (Fsp3) is 0.444. The standard InChI is InChI=1S/C9H10BrClN2O4S2/c10-8-3-6(4-12-9(8)11)13-19(16,17)7-1-2-18(14,15)5-7/h3-4,7,13H,1-2,5H2. The second-order valence-electron chi connectivity index (χ2n) is 4.17. The maximum Gasteiger partial charge on any atom is 0.236 e. The molecule has 2 heterocycles. The second-order valence-corrected chi connectivity index (χ2v) is 9.57. The molecule has 0 radical (unpaired) electrons. The van der Waals surface area contributed by atoms with E-state index in [1.54, 1.807) is 0 Å². The number of sulfone groups is 1. The monoisotopic (exact) mass is 388 g/mol. The van der Waals surface area contributed by atoms with Crippen LogP contribution in [-0.2, 0) is 19.9 Å². The summed E-state index contributed by atoms with van der Waals surface area (Å²) in [5.74, 6) is -0.439. The van der Waals surface area contributed by atoms with E-state index in [1.807, 2.05) is 0 Å². The number of nitrogens with zero attached hydrogens (tertiary/aromatic N) is 1. The van der Waals surface area contributed by atoms with Gasteiger partial charge in [-0.25, -0.2) is 21.8 Å². The Hall–Kier alpha value is -0.380. The molecule has 10 heteroatoms. The molecular weight excluding hydrogens is 380 g/mol. The van der Waals surface area contributed by atoms with Crippen LogP contribution in [0.3, 0.4) is 0 Å². The number of nitrogens with one attached hydrogen (secondary N) is 1. The lowest BCUT2D eigenvalue weighted by molar-refractivity contribution is 0.587. The van der Waals surface area contributed by atoms with Crippen LogP contribution in [-0.4, -0.2) is 38.6 Å². The minimum Gasteiger partial charge on any atom is -0.282 e. The molecular formula is C9H10BrClN2O4S2. The first kappa shape index (κ1) is 15.0. The summed E-state index contributed by atoms with van der Waals surface area (Å²) >= 11 is 8.83. The number of pyridine rings is 1. The summed E-state index contributed by atoms with van der Waals surface area (Å²) in [4.78, 5) is 3.79. The largest absolute Gasteiger partial charge is 0.282 e. The number of sulfonamides is 1. The first-order valence-corrected chi connectivity index (χ1v) is 9.76. The van der Waals surface area contributed by atoms with Crippen molar-refractivity contribution in [2.75, 3.05) is 16.2 Å². The number of aromatic nitrogens is 1. The molecule has 0 aromatic carbocycles. The predicted molar refractivity (Wildman–Crippen MR) is 76.5 cm³/mol. The third kappa shape index (κ3) is 3.59. The van der Waals surface area contributed by atoms with E-state index in [-0.39, 0.29) is 28.8 Å². The smallest absolute Gasteiger partial charge is 0.236 e. The fourth-order valence-electron chi connectivity index (χ4n) is 1.73.